The van der Waals surface area contributed by atoms with Crippen molar-refractivity contribution in [3.05, 3.63) is 94.8 Å². The summed E-state index contributed by atoms with van der Waals surface area (Å²) >= 11 is 15.2. The minimum atomic E-state index is -0.0925. The molecule has 4 rings (SSSR count). The Kier molecular flexibility index (Phi) is 8.56. The van der Waals surface area contributed by atoms with Crippen molar-refractivity contribution in [1.82, 2.24) is 14.8 Å². The van der Waals surface area contributed by atoms with E-state index in [-0.39, 0.29) is 11.7 Å². The van der Waals surface area contributed by atoms with E-state index >= 15 is 0 Å². The minimum Gasteiger partial charge on any atom is -0.325 e. The molecule has 0 aliphatic rings. The van der Waals surface area contributed by atoms with E-state index in [0.717, 1.165) is 33.6 Å². The molecule has 0 bridgehead atoms. The Morgan fingerprint density at radius 1 is 1.03 bits per heavy atom. The van der Waals surface area contributed by atoms with Gasteiger partial charge in [-0.25, -0.2) is 0 Å². The van der Waals surface area contributed by atoms with Crippen LogP contribution in [-0.2, 0) is 22.8 Å². The van der Waals surface area contributed by atoms with Crippen molar-refractivity contribution in [2.24, 2.45) is 0 Å². The molecule has 174 valence electrons. The van der Waals surface area contributed by atoms with E-state index in [9.17, 15) is 4.79 Å². The zero-order valence-electron chi connectivity index (χ0n) is 18.2. The van der Waals surface area contributed by atoms with Crippen molar-refractivity contribution in [2.45, 2.75) is 23.2 Å². The average molecular weight is 530 g/mol. The van der Waals surface area contributed by atoms with Gasteiger partial charge in [-0.3, -0.25) is 4.79 Å². The number of rotatable bonds is 10. The van der Waals surface area contributed by atoms with E-state index in [0.29, 0.717) is 27.5 Å². The average Bonchev–Trinajstić information content (AvgIpc) is 3.22. The van der Waals surface area contributed by atoms with Crippen molar-refractivity contribution in [2.75, 3.05) is 11.1 Å². The van der Waals surface area contributed by atoms with E-state index in [2.05, 4.69) is 22.1 Å². The zero-order valence-corrected chi connectivity index (χ0v) is 21.4. The Hall–Kier alpha value is -2.45. The molecule has 0 aliphatic heterocycles. The van der Waals surface area contributed by atoms with Crippen LogP contribution in [0.1, 0.15) is 11.4 Å². The Bertz CT molecular complexity index is 1320. The molecule has 0 atom stereocenters. The molecule has 9 heteroatoms. The molecule has 0 unspecified atom stereocenters. The summed E-state index contributed by atoms with van der Waals surface area (Å²) in [6.07, 6.45) is 1.80. The highest BCUT2D eigenvalue weighted by Gasteiger charge is 2.14. The monoisotopic (exact) mass is 528 g/mol. The highest BCUT2D eigenvalue weighted by Crippen LogP contribution is 2.27. The van der Waals surface area contributed by atoms with Crippen LogP contribution in [0.3, 0.4) is 0 Å². The zero-order chi connectivity index (χ0) is 23.9. The van der Waals surface area contributed by atoms with Crippen molar-refractivity contribution in [1.29, 1.82) is 0 Å². The van der Waals surface area contributed by atoms with Crippen molar-refractivity contribution < 1.29 is 4.79 Å². The first-order valence-corrected chi connectivity index (χ1v) is 13.4. The normalized spacial score (nSPS) is 11.0. The van der Waals surface area contributed by atoms with Crippen LogP contribution in [0.2, 0.25) is 10.0 Å². The number of nitrogens with zero attached hydrogens (tertiary/aromatic N) is 3. The lowest BCUT2D eigenvalue weighted by Gasteiger charge is -2.10. The first-order valence-electron chi connectivity index (χ1n) is 10.5. The van der Waals surface area contributed by atoms with E-state index in [1.54, 1.807) is 23.9 Å². The summed E-state index contributed by atoms with van der Waals surface area (Å²) in [4.78, 5) is 12.7. The number of anilines is 1. The number of allylic oxidation sites excluding steroid dienone is 1. The van der Waals surface area contributed by atoms with Gasteiger partial charge in [0.05, 0.1) is 21.6 Å². The number of halogens is 2. The minimum absolute atomic E-state index is 0.0925. The molecule has 0 saturated heterocycles. The second-order valence-corrected chi connectivity index (χ2v) is 10.1. The number of hydrogen-bond acceptors (Lipinski definition) is 5. The highest BCUT2D eigenvalue weighted by atomic mass is 35.5. The van der Waals surface area contributed by atoms with Gasteiger partial charge in [-0.1, -0.05) is 83.5 Å². The van der Waals surface area contributed by atoms with Gasteiger partial charge in [0.2, 0.25) is 5.91 Å². The predicted octanol–water partition coefficient (Wildman–Crippen LogP) is 7.09. The van der Waals surface area contributed by atoms with Gasteiger partial charge in [-0.05, 0) is 29.1 Å². The van der Waals surface area contributed by atoms with E-state index < -0.39 is 0 Å². The van der Waals surface area contributed by atoms with Gasteiger partial charge in [0.1, 0.15) is 5.82 Å². The van der Waals surface area contributed by atoms with Gasteiger partial charge in [0.15, 0.2) is 5.16 Å². The first-order chi connectivity index (χ1) is 16.5. The Balaban J connectivity index is 1.36. The molecule has 5 nitrogen and oxygen atoms in total. The smallest absolute Gasteiger partial charge is 0.234 e. The van der Waals surface area contributed by atoms with Crippen LogP contribution in [0.4, 0.5) is 5.69 Å². The molecule has 1 aromatic heterocycles. The highest BCUT2D eigenvalue weighted by molar-refractivity contribution is 7.99. The molecule has 0 fully saturated rings. The van der Waals surface area contributed by atoms with Crippen LogP contribution in [0.5, 0.6) is 0 Å². The van der Waals surface area contributed by atoms with E-state index in [4.69, 9.17) is 23.2 Å². The molecule has 0 saturated carbocycles. The molecular formula is C25H22Cl2N4OS2. The summed E-state index contributed by atoms with van der Waals surface area (Å²) in [6, 6.07) is 19.5. The van der Waals surface area contributed by atoms with Crippen molar-refractivity contribution in [3.8, 4) is 0 Å². The first kappa shape index (κ1) is 24.7. The maximum absolute atomic E-state index is 12.7. The van der Waals surface area contributed by atoms with Gasteiger partial charge >= 0.3 is 0 Å². The lowest BCUT2D eigenvalue weighted by Crippen LogP contribution is -2.15. The number of thioether (sulfide) groups is 2. The largest absolute Gasteiger partial charge is 0.325 e. The third-order valence-electron chi connectivity index (χ3n) is 4.99. The van der Waals surface area contributed by atoms with Gasteiger partial charge in [-0.15, -0.1) is 28.5 Å². The van der Waals surface area contributed by atoms with Crippen LogP contribution in [0, 0.1) is 0 Å². The summed E-state index contributed by atoms with van der Waals surface area (Å²) in [7, 11) is 0. The maximum Gasteiger partial charge on any atom is 0.234 e. The van der Waals surface area contributed by atoms with Crippen LogP contribution >= 0.6 is 46.7 Å². The molecule has 1 heterocycles. The molecular weight excluding hydrogens is 507 g/mol. The number of carbonyl (C=O) groups excluding carboxylic acids is 1. The lowest BCUT2D eigenvalue weighted by molar-refractivity contribution is -0.113. The van der Waals surface area contributed by atoms with Crippen molar-refractivity contribution >= 4 is 69.1 Å². The molecule has 0 aliphatic carbocycles. The summed E-state index contributed by atoms with van der Waals surface area (Å²) in [5.41, 5.74) is 1.89. The fraction of sp³-hybridized carbons (Fsp3) is 0.160. The second-order valence-electron chi connectivity index (χ2n) is 7.40. The number of benzene rings is 3. The fourth-order valence-electron chi connectivity index (χ4n) is 3.39. The van der Waals surface area contributed by atoms with Crippen LogP contribution in [0.25, 0.3) is 10.8 Å². The molecule has 0 spiro atoms. The van der Waals surface area contributed by atoms with Gasteiger partial charge < -0.3 is 9.88 Å². The number of hydrogen-bond donors (Lipinski definition) is 1. The second kappa shape index (κ2) is 11.8. The van der Waals surface area contributed by atoms with Gasteiger partial charge in [-0.2, -0.15) is 0 Å². The number of fused-ring (bicyclic) bond motifs is 1. The molecule has 4 aromatic rings. The SMILES string of the molecule is C=CCn1c(CSCc2ccc(Cl)c(Cl)c2)nnc1SCC(=O)Nc1cccc2ccccc12. The maximum atomic E-state index is 12.7. The molecule has 3 aromatic carbocycles. The fourth-order valence-corrected chi connectivity index (χ4v) is 5.39. The molecule has 0 radical (unpaired) electrons. The van der Waals surface area contributed by atoms with Crippen LogP contribution < -0.4 is 5.32 Å². The molecule has 1 amide bonds. The third kappa shape index (κ3) is 6.16. The topological polar surface area (TPSA) is 59.8 Å². The van der Waals surface area contributed by atoms with Gasteiger partial charge in [0.25, 0.3) is 0 Å². The van der Waals surface area contributed by atoms with Crippen LogP contribution in [-0.4, -0.2) is 26.4 Å². The Labute approximate surface area is 216 Å². The Morgan fingerprint density at radius 2 is 1.85 bits per heavy atom. The number of amides is 1. The summed E-state index contributed by atoms with van der Waals surface area (Å²) in [6.45, 7) is 4.42. The van der Waals surface area contributed by atoms with Crippen LogP contribution in [0.15, 0.2) is 78.5 Å². The Morgan fingerprint density at radius 3 is 2.68 bits per heavy atom. The molecule has 34 heavy (non-hydrogen) atoms. The summed E-state index contributed by atoms with van der Waals surface area (Å²) in [5.74, 6) is 2.42. The third-order valence-corrected chi connectivity index (χ3v) is 7.69. The predicted molar refractivity (Wildman–Crippen MR) is 145 cm³/mol. The molecule has 1 N–H and O–H groups in total. The number of aromatic nitrogens is 3. The summed E-state index contributed by atoms with van der Waals surface area (Å²) < 4.78 is 1.99. The quantitative estimate of drug-likeness (QED) is 0.176. The lowest BCUT2D eigenvalue weighted by atomic mass is 10.1. The standard InChI is InChI=1S/C25H22Cl2N4OS2/c1-2-12-31-23(15-33-14-17-10-11-20(26)21(27)13-17)29-30-25(31)34-16-24(32)28-22-9-5-7-18-6-3-4-8-19(18)22/h2-11,13H,1,12,14-16H2,(H,28,32). The van der Waals surface area contributed by atoms with E-state index in [1.807, 2.05) is 59.2 Å². The van der Waals surface area contributed by atoms with Gasteiger partial charge in [0, 0.05) is 23.4 Å². The van der Waals surface area contributed by atoms with E-state index in [1.165, 1.54) is 11.8 Å². The number of nitrogens with one attached hydrogen (secondary N) is 1. The number of carbonyl (C=O) groups is 1. The summed E-state index contributed by atoms with van der Waals surface area (Å²) in [5, 5.41) is 15.6. The van der Waals surface area contributed by atoms with Crippen molar-refractivity contribution in [3.63, 3.8) is 0 Å².